The third-order valence-corrected chi connectivity index (χ3v) is 4.32. The first kappa shape index (κ1) is 21.6. The van der Waals surface area contributed by atoms with Crippen LogP contribution >= 0.6 is 0 Å². The molecule has 0 saturated carbocycles. The van der Waals surface area contributed by atoms with Gasteiger partial charge in [-0.15, -0.1) is 5.39 Å². The van der Waals surface area contributed by atoms with Gasteiger partial charge >= 0.3 is 11.9 Å². The van der Waals surface area contributed by atoms with E-state index in [0.29, 0.717) is 33.7 Å². The number of dihydropyridines is 1. The lowest BCUT2D eigenvalue weighted by atomic mass is 9.80. The minimum Gasteiger partial charge on any atom is -0.738 e. The lowest BCUT2D eigenvalue weighted by Gasteiger charge is -2.30. The van der Waals surface area contributed by atoms with Gasteiger partial charge in [-0.25, -0.2) is 9.59 Å². The van der Waals surface area contributed by atoms with Crippen molar-refractivity contribution < 1.29 is 29.1 Å². The topological polar surface area (TPSA) is 120 Å². The molecule has 0 aliphatic carbocycles. The van der Waals surface area contributed by atoms with Gasteiger partial charge in [0.25, 0.3) is 0 Å². The molecule has 9 heteroatoms. The fourth-order valence-electron chi connectivity index (χ4n) is 3.12. The molecule has 9 nitrogen and oxygen atoms in total. The number of methoxy groups -OCH3 is 1. The molecule has 2 N–H and O–H groups in total. The molecule has 1 aromatic rings. The molecule has 0 aromatic heterocycles. The van der Waals surface area contributed by atoms with Gasteiger partial charge in [0, 0.05) is 11.4 Å². The predicted molar refractivity (Wildman–Crippen MR) is 98.1 cm³/mol. The Hall–Kier alpha value is -2.72. The predicted octanol–water partition coefficient (Wildman–Crippen LogP) is 2.28. The maximum absolute atomic E-state index is 12.6. The largest absolute Gasteiger partial charge is 0.738 e. The molecule has 0 saturated heterocycles. The number of benzene rings is 1. The molecule has 0 radical (unpaired) electrons. The van der Waals surface area contributed by atoms with Crippen LogP contribution in [0, 0.1) is 5.21 Å². The van der Waals surface area contributed by atoms with Gasteiger partial charge in [-0.1, -0.05) is 24.3 Å². The maximum Gasteiger partial charge on any atom is 0.336 e. The monoisotopic (exact) mass is 391 g/mol. The number of hydrogen-bond acceptors (Lipinski definition) is 9. The first-order chi connectivity index (χ1) is 13.3. The van der Waals surface area contributed by atoms with E-state index in [4.69, 9.17) is 14.7 Å². The quantitative estimate of drug-likeness (QED) is 0.532. The fourth-order valence-corrected chi connectivity index (χ4v) is 3.12. The minimum atomic E-state index is -0.684. The number of carbonyl (C=O) groups excluding carboxylic acids is 2. The second-order valence-electron chi connectivity index (χ2n) is 6.10. The molecular weight excluding hydrogens is 368 g/mol. The Bertz CT molecular complexity index is 797. The van der Waals surface area contributed by atoms with Crippen LogP contribution in [0.25, 0.3) is 0 Å². The first-order valence-electron chi connectivity index (χ1n) is 8.62. The second-order valence-corrected chi connectivity index (χ2v) is 6.10. The van der Waals surface area contributed by atoms with Crippen molar-refractivity contribution in [3.63, 3.8) is 0 Å². The van der Waals surface area contributed by atoms with Crippen molar-refractivity contribution >= 4 is 11.9 Å². The molecule has 1 aromatic carbocycles. The molecule has 0 spiro atoms. The van der Waals surface area contributed by atoms with Crippen molar-refractivity contribution in [3.05, 3.63) is 63.1 Å². The number of ether oxygens (including phenoxy) is 2. The highest BCUT2D eigenvalue weighted by Gasteiger charge is 2.37. The molecule has 1 heterocycles. The molecule has 0 bridgehead atoms. The Labute approximate surface area is 162 Å². The SMILES string of the molecule is CCOC(=O)C1=C(C)NC(C)=C(C(=O)OC)[C@H]1c1ccc(CON([O-])O)cc1. The minimum absolute atomic E-state index is 0.134. The number of carbonyl (C=O) groups is 2. The fraction of sp³-hybridized carbons (Fsp3) is 0.368. The van der Waals surface area contributed by atoms with E-state index in [1.54, 1.807) is 45.0 Å². The molecular formula is C19H23N2O7-. The zero-order valence-electron chi connectivity index (χ0n) is 16.1. The molecule has 28 heavy (non-hydrogen) atoms. The molecule has 0 unspecified atom stereocenters. The number of allylic oxidation sites excluding steroid dienone is 2. The van der Waals surface area contributed by atoms with E-state index in [1.807, 2.05) is 0 Å². The highest BCUT2D eigenvalue weighted by molar-refractivity contribution is 5.99. The Morgan fingerprint density at radius 2 is 1.71 bits per heavy atom. The lowest BCUT2D eigenvalue weighted by molar-refractivity contribution is -0.312. The maximum atomic E-state index is 12.6. The van der Waals surface area contributed by atoms with Crippen LogP contribution < -0.4 is 5.32 Å². The van der Waals surface area contributed by atoms with Crippen molar-refractivity contribution in [1.82, 2.24) is 10.7 Å². The van der Waals surface area contributed by atoms with Crippen LogP contribution in [-0.4, -0.2) is 36.3 Å². The summed E-state index contributed by atoms with van der Waals surface area (Å²) in [5.74, 6) is -1.77. The third kappa shape index (κ3) is 4.76. The molecule has 0 amide bonds. The molecule has 1 atom stereocenters. The van der Waals surface area contributed by atoms with E-state index in [9.17, 15) is 14.8 Å². The van der Waals surface area contributed by atoms with E-state index < -0.39 is 23.2 Å². The average Bonchev–Trinajstić information content (AvgIpc) is 2.65. The number of hydrogen-bond donors (Lipinski definition) is 2. The summed E-state index contributed by atoms with van der Waals surface area (Å²) in [6.07, 6.45) is 0. The molecule has 2 rings (SSSR count). The Morgan fingerprint density at radius 3 is 2.21 bits per heavy atom. The number of nitrogens with one attached hydrogen (secondary N) is 1. The highest BCUT2D eigenvalue weighted by atomic mass is 17.1. The molecule has 1 aliphatic rings. The standard InChI is InChI=1S/C19H23N2O7/c1-5-27-19(23)16-12(3)20-11(2)15(18(22)26-4)17(16)14-8-6-13(7-9-14)10-28-21(24)25/h6-9,17,20,24H,5,10H2,1-4H3/q-1/t17-/m1/s1. The zero-order valence-corrected chi connectivity index (χ0v) is 16.1. The second kappa shape index (κ2) is 9.47. The summed E-state index contributed by atoms with van der Waals surface area (Å²) < 4.78 is 10.1. The summed E-state index contributed by atoms with van der Waals surface area (Å²) in [6.45, 7) is 5.24. The summed E-state index contributed by atoms with van der Waals surface area (Å²) in [5.41, 5.74) is 3.07. The van der Waals surface area contributed by atoms with E-state index in [1.165, 1.54) is 7.11 Å². The molecule has 1 aliphatic heterocycles. The highest BCUT2D eigenvalue weighted by Crippen LogP contribution is 2.39. The third-order valence-electron chi connectivity index (χ3n) is 4.32. The Balaban J connectivity index is 2.49. The van der Waals surface area contributed by atoms with E-state index in [-0.39, 0.29) is 13.2 Å². The van der Waals surface area contributed by atoms with Gasteiger partial charge in [0.05, 0.1) is 37.4 Å². The number of nitrogens with zero attached hydrogens (tertiary/aromatic N) is 1. The molecule has 152 valence electrons. The van der Waals surface area contributed by atoms with Crippen molar-refractivity contribution in [3.8, 4) is 0 Å². The van der Waals surface area contributed by atoms with E-state index in [0.717, 1.165) is 0 Å². The van der Waals surface area contributed by atoms with Crippen molar-refractivity contribution in [2.24, 2.45) is 0 Å². The summed E-state index contributed by atoms with van der Waals surface area (Å²) in [4.78, 5) is 29.5. The van der Waals surface area contributed by atoms with Gasteiger partial charge in [0.2, 0.25) is 0 Å². The first-order valence-corrected chi connectivity index (χ1v) is 8.62. The van der Waals surface area contributed by atoms with E-state index in [2.05, 4.69) is 10.2 Å². The van der Waals surface area contributed by atoms with Crippen LogP contribution in [0.3, 0.4) is 0 Å². The van der Waals surface area contributed by atoms with Crippen LogP contribution in [0.5, 0.6) is 0 Å². The van der Waals surface area contributed by atoms with Gasteiger partial charge in [-0.3, -0.25) is 4.84 Å². The Kier molecular flexibility index (Phi) is 7.30. The average molecular weight is 391 g/mol. The molecule has 0 fully saturated rings. The van der Waals surface area contributed by atoms with Gasteiger partial charge < -0.3 is 25.2 Å². The van der Waals surface area contributed by atoms with Crippen molar-refractivity contribution in [2.45, 2.75) is 33.3 Å². The number of rotatable bonds is 7. The van der Waals surface area contributed by atoms with Crippen molar-refractivity contribution in [1.29, 1.82) is 0 Å². The van der Waals surface area contributed by atoms with Gasteiger partial charge in [0.1, 0.15) is 0 Å². The van der Waals surface area contributed by atoms with Crippen LogP contribution in [-0.2, 0) is 30.5 Å². The van der Waals surface area contributed by atoms with Gasteiger partial charge in [-0.05, 0) is 31.9 Å². The van der Waals surface area contributed by atoms with Gasteiger partial charge in [0.15, 0.2) is 0 Å². The summed E-state index contributed by atoms with van der Waals surface area (Å²) in [5, 5.41) is 21.4. The summed E-state index contributed by atoms with van der Waals surface area (Å²) >= 11 is 0. The van der Waals surface area contributed by atoms with Crippen LogP contribution in [0.4, 0.5) is 0 Å². The summed E-state index contributed by atoms with van der Waals surface area (Å²) in [7, 11) is 1.28. The van der Waals surface area contributed by atoms with E-state index >= 15 is 0 Å². The normalized spacial score (nSPS) is 16.9. The lowest BCUT2D eigenvalue weighted by Crippen LogP contribution is -2.32. The van der Waals surface area contributed by atoms with Crippen LogP contribution in [0.15, 0.2) is 46.8 Å². The van der Waals surface area contributed by atoms with Crippen molar-refractivity contribution in [2.75, 3.05) is 13.7 Å². The van der Waals surface area contributed by atoms with Crippen LogP contribution in [0.1, 0.15) is 37.8 Å². The number of esters is 2. The van der Waals surface area contributed by atoms with Gasteiger partial charge in [-0.2, -0.15) is 0 Å². The smallest absolute Gasteiger partial charge is 0.336 e. The summed E-state index contributed by atoms with van der Waals surface area (Å²) in [6, 6.07) is 6.76. The zero-order chi connectivity index (χ0) is 20.8. The Morgan fingerprint density at radius 1 is 1.14 bits per heavy atom. The van der Waals surface area contributed by atoms with Crippen LogP contribution in [0.2, 0.25) is 0 Å².